The summed E-state index contributed by atoms with van der Waals surface area (Å²) in [7, 11) is -1.04. The number of rotatable bonds is 8. The Morgan fingerprint density at radius 1 is 0.812 bits per heavy atom. The maximum absolute atomic E-state index is 12.1. The van der Waals surface area contributed by atoms with Crippen LogP contribution >= 0.6 is 15.2 Å². The van der Waals surface area contributed by atoms with Gasteiger partial charge in [0.1, 0.15) is 0 Å². The smallest absolute Gasteiger partial charge is 0.347 e. The lowest BCUT2D eigenvalue weighted by atomic mass is 10.8. The van der Waals surface area contributed by atoms with Crippen LogP contribution in [-0.4, -0.2) is 47.6 Å². The van der Waals surface area contributed by atoms with Crippen LogP contribution in [-0.2, 0) is 32.0 Å². The minimum absolute atomic E-state index is 0.127. The predicted octanol–water partition coefficient (Wildman–Crippen LogP) is 1.93. The first kappa shape index (κ1) is 16.3. The van der Waals surface area contributed by atoms with Gasteiger partial charge in [0.25, 0.3) is 0 Å². The molecule has 16 heavy (non-hydrogen) atoms. The highest BCUT2D eigenvalue weighted by molar-refractivity contribution is 7.72. The van der Waals surface area contributed by atoms with Gasteiger partial charge in [-0.2, -0.15) is 0 Å². The van der Waals surface area contributed by atoms with Crippen molar-refractivity contribution >= 4 is 15.2 Å². The average molecular weight is 276 g/mol. The van der Waals surface area contributed by atoms with E-state index in [4.69, 9.17) is 22.8 Å². The Balaban J connectivity index is 5.29. The molecule has 0 N–H and O–H groups in total. The van der Waals surface area contributed by atoms with Crippen LogP contribution in [0.1, 0.15) is 0 Å². The number of ether oxygens (including phenoxy) is 1. The Hall–Kier alpha value is 0.260. The van der Waals surface area contributed by atoms with Crippen LogP contribution in [0.25, 0.3) is 0 Å². The number of methoxy groups -OCH3 is 1. The summed E-state index contributed by atoms with van der Waals surface area (Å²) in [6.07, 6.45) is 0. The molecule has 0 fully saturated rings. The Bertz CT molecular complexity index is 250. The molecule has 0 aromatic carbocycles. The van der Waals surface area contributed by atoms with Crippen LogP contribution in [0.3, 0.4) is 0 Å². The Morgan fingerprint density at radius 2 is 1.12 bits per heavy atom. The van der Waals surface area contributed by atoms with Gasteiger partial charge in [0.2, 0.25) is 0 Å². The number of hydrogen-bond donors (Lipinski definition) is 0. The summed E-state index contributed by atoms with van der Waals surface area (Å²) in [4.78, 5) is 0. The Kier molecular flexibility index (Phi) is 6.98. The molecule has 0 bridgehead atoms. The summed E-state index contributed by atoms with van der Waals surface area (Å²) in [6.45, 7) is -0.127. The fraction of sp³-hybridized carbons (Fsp3) is 1.00. The summed E-state index contributed by atoms with van der Waals surface area (Å²) in [5.74, 6) is 0. The molecule has 0 saturated carbocycles. The predicted molar refractivity (Wildman–Crippen MR) is 58.9 cm³/mol. The molecule has 0 atom stereocenters. The van der Waals surface area contributed by atoms with Gasteiger partial charge in [-0.3, -0.25) is 9.13 Å². The van der Waals surface area contributed by atoms with Crippen molar-refractivity contribution in [1.29, 1.82) is 0 Å². The molecule has 7 nitrogen and oxygen atoms in total. The van der Waals surface area contributed by atoms with E-state index in [2.05, 4.69) is 0 Å². The van der Waals surface area contributed by atoms with Gasteiger partial charge in [0, 0.05) is 35.5 Å². The zero-order valence-electron chi connectivity index (χ0n) is 10.0. The molecular formula is C7H18O7P2. The highest BCUT2D eigenvalue weighted by atomic mass is 31.2. The summed E-state index contributed by atoms with van der Waals surface area (Å²) >= 11 is 0. The summed E-state index contributed by atoms with van der Waals surface area (Å²) < 4.78 is 48.2. The van der Waals surface area contributed by atoms with Gasteiger partial charge in [0.05, 0.1) is 6.61 Å². The third kappa shape index (κ3) is 3.37. The van der Waals surface area contributed by atoms with E-state index < -0.39 is 20.6 Å². The first-order valence-electron chi connectivity index (χ1n) is 4.35. The van der Waals surface area contributed by atoms with Gasteiger partial charge < -0.3 is 22.8 Å². The van der Waals surface area contributed by atoms with Crippen molar-refractivity contribution in [3.63, 3.8) is 0 Å². The van der Waals surface area contributed by atoms with Crippen molar-refractivity contribution < 1.29 is 32.0 Å². The largest absolute Gasteiger partial charge is 0.383 e. The van der Waals surface area contributed by atoms with Crippen molar-refractivity contribution in [2.75, 3.05) is 42.2 Å². The van der Waals surface area contributed by atoms with E-state index in [-0.39, 0.29) is 6.61 Å². The van der Waals surface area contributed by atoms with Gasteiger partial charge in [-0.1, -0.05) is 0 Å². The van der Waals surface area contributed by atoms with E-state index in [1.54, 1.807) is 0 Å². The molecular weight excluding hydrogens is 258 g/mol. The van der Waals surface area contributed by atoms with Crippen LogP contribution in [0.2, 0.25) is 0 Å². The lowest BCUT2D eigenvalue weighted by Gasteiger charge is -2.28. The zero-order valence-corrected chi connectivity index (χ0v) is 11.8. The van der Waals surface area contributed by atoms with Crippen LogP contribution in [0, 0.1) is 0 Å². The van der Waals surface area contributed by atoms with Gasteiger partial charge in [-0.25, -0.2) is 0 Å². The van der Waals surface area contributed by atoms with Gasteiger partial charge in [0.15, 0.2) is 5.40 Å². The third-order valence-electron chi connectivity index (χ3n) is 2.06. The van der Waals surface area contributed by atoms with E-state index in [1.165, 1.54) is 35.5 Å². The molecule has 0 saturated heterocycles. The fourth-order valence-corrected chi connectivity index (χ4v) is 5.59. The third-order valence-corrected chi connectivity index (χ3v) is 7.55. The normalized spacial score (nSPS) is 13.4. The average Bonchev–Trinajstić information content (AvgIpc) is 2.34. The van der Waals surface area contributed by atoms with Crippen LogP contribution in [0.15, 0.2) is 0 Å². The monoisotopic (exact) mass is 276 g/mol. The van der Waals surface area contributed by atoms with E-state index >= 15 is 0 Å². The van der Waals surface area contributed by atoms with E-state index in [0.29, 0.717) is 0 Å². The molecule has 0 radical (unpaired) electrons. The van der Waals surface area contributed by atoms with Crippen molar-refractivity contribution in [3.05, 3.63) is 0 Å². The van der Waals surface area contributed by atoms with Crippen molar-refractivity contribution in [2.24, 2.45) is 0 Å². The molecule has 0 rings (SSSR count). The Labute approximate surface area is 95.4 Å². The summed E-state index contributed by atoms with van der Waals surface area (Å²) in [5, 5.41) is -1.12. The minimum atomic E-state index is -3.60. The first-order valence-corrected chi connectivity index (χ1v) is 7.57. The van der Waals surface area contributed by atoms with Crippen LogP contribution < -0.4 is 0 Å². The Morgan fingerprint density at radius 3 is 1.31 bits per heavy atom. The van der Waals surface area contributed by atoms with Crippen molar-refractivity contribution in [1.82, 2.24) is 0 Å². The highest BCUT2D eigenvalue weighted by Crippen LogP contribution is 2.69. The maximum Gasteiger partial charge on any atom is 0.347 e. The second-order valence-corrected chi connectivity index (χ2v) is 8.02. The molecule has 9 heteroatoms. The quantitative estimate of drug-likeness (QED) is 0.626. The minimum Gasteiger partial charge on any atom is -0.383 e. The standard InChI is InChI=1S/C7H18O7P2/c1-10-6-7(15(8,11-2)12-3)16(9,13-4)14-5/h7H,6H2,1-5H3. The lowest BCUT2D eigenvalue weighted by Crippen LogP contribution is -2.19. The molecule has 0 unspecified atom stereocenters. The zero-order chi connectivity index (χ0) is 12.8. The van der Waals surface area contributed by atoms with Gasteiger partial charge in [-0.15, -0.1) is 0 Å². The molecule has 0 aliphatic heterocycles. The fourth-order valence-electron chi connectivity index (χ4n) is 1.14. The van der Waals surface area contributed by atoms with E-state index in [0.717, 1.165) is 0 Å². The first-order chi connectivity index (χ1) is 7.44. The SMILES string of the molecule is COCC(P(=O)(OC)OC)P(=O)(OC)OC. The molecule has 0 aromatic heterocycles. The lowest BCUT2D eigenvalue weighted by molar-refractivity contribution is 0.177. The van der Waals surface area contributed by atoms with Gasteiger partial charge in [-0.05, 0) is 0 Å². The van der Waals surface area contributed by atoms with Crippen LogP contribution in [0.4, 0.5) is 0 Å². The molecule has 0 aliphatic rings. The maximum atomic E-state index is 12.1. The molecule has 98 valence electrons. The molecule has 0 aromatic rings. The number of hydrogen-bond acceptors (Lipinski definition) is 7. The molecule has 0 amide bonds. The summed E-state index contributed by atoms with van der Waals surface area (Å²) in [5.41, 5.74) is 0. The second kappa shape index (κ2) is 6.87. The van der Waals surface area contributed by atoms with Crippen molar-refractivity contribution in [2.45, 2.75) is 5.40 Å². The van der Waals surface area contributed by atoms with E-state index in [1.807, 2.05) is 0 Å². The second-order valence-electron chi connectivity index (χ2n) is 2.75. The van der Waals surface area contributed by atoms with Crippen molar-refractivity contribution in [3.8, 4) is 0 Å². The molecule has 0 spiro atoms. The molecule has 0 heterocycles. The highest BCUT2D eigenvalue weighted by Gasteiger charge is 2.49. The summed E-state index contributed by atoms with van der Waals surface area (Å²) in [6, 6.07) is 0. The topological polar surface area (TPSA) is 80.3 Å². The molecule has 0 aliphatic carbocycles. The van der Waals surface area contributed by atoms with Gasteiger partial charge >= 0.3 is 15.2 Å². The van der Waals surface area contributed by atoms with E-state index in [9.17, 15) is 9.13 Å². The van der Waals surface area contributed by atoms with Crippen LogP contribution in [0.5, 0.6) is 0 Å².